The molecule has 0 aromatic heterocycles. The first kappa shape index (κ1) is 12.0. The first-order chi connectivity index (χ1) is 7.68. The largest absolute Gasteiger partial charge is 0.389 e. The van der Waals surface area contributed by atoms with Crippen LogP contribution >= 0.6 is 0 Å². The van der Waals surface area contributed by atoms with Crippen molar-refractivity contribution in [3.05, 3.63) is 0 Å². The maximum Gasteiger partial charge on any atom is 0.0734 e. The molecule has 3 fully saturated rings. The number of hydrogen-bond donors (Lipinski definition) is 1. The van der Waals surface area contributed by atoms with Crippen molar-refractivity contribution < 1.29 is 5.11 Å². The molecule has 0 aromatic carbocycles. The predicted octanol–water partition coefficient (Wildman–Crippen LogP) is 4.00. The summed E-state index contributed by atoms with van der Waals surface area (Å²) < 4.78 is 0. The molecule has 0 radical (unpaired) electrons. The Bertz CT molecular complexity index is 357. The van der Waals surface area contributed by atoms with Crippen molar-refractivity contribution in [2.45, 2.75) is 72.3 Å². The number of hydrogen-bond acceptors (Lipinski definition) is 1. The van der Waals surface area contributed by atoms with E-state index in [9.17, 15) is 5.11 Å². The molecule has 0 saturated heterocycles. The highest BCUT2D eigenvalue weighted by atomic mass is 16.3. The number of rotatable bonds is 0. The minimum atomic E-state index is -0.485. The zero-order valence-electron chi connectivity index (χ0n) is 12.1. The Hall–Kier alpha value is -0.0400. The fourth-order valence-corrected chi connectivity index (χ4v) is 6.49. The van der Waals surface area contributed by atoms with Crippen LogP contribution in [0.15, 0.2) is 0 Å². The van der Waals surface area contributed by atoms with Gasteiger partial charge in [0.05, 0.1) is 5.60 Å². The zero-order valence-corrected chi connectivity index (χ0v) is 12.1. The summed E-state index contributed by atoms with van der Waals surface area (Å²) in [7, 11) is 0. The lowest BCUT2D eigenvalue weighted by atomic mass is 9.59. The third-order valence-corrected chi connectivity index (χ3v) is 7.42. The lowest BCUT2D eigenvalue weighted by molar-refractivity contribution is -0.137. The van der Waals surface area contributed by atoms with Crippen molar-refractivity contribution in [3.63, 3.8) is 0 Å². The van der Waals surface area contributed by atoms with Gasteiger partial charge in [-0.1, -0.05) is 27.7 Å². The third kappa shape index (κ3) is 1.03. The molecule has 0 heterocycles. The van der Waals surface area contributed by atoms with Gasteiger partial charge in [-0.25, -0.2) is 0 Å². The molecule has 1 heteroatoms. The standard InChI is InChI=1S/C16H28O/c1-11-6-9-16-12(11)7-8-14(16,4)10-13(2,3)15(16,5)17/h11-12,17H,6-10H2,1-5H3/t11-,12?,14+,15+,16+/m1/s1. The lowest BCUT2D eigenvalue weighted by Gasteiger charge is -2.49. The van der Waals surface area contributed by atoms with Crippen LogP contribution < -0.4 is 0 Å². The van der Waals surface area contributed by atoms with Crippen molar-refractivity contribution in [1.29, 1.82) is 0 Å². The van der Waals surface area contributed by atoms with Crippen LogP contribution in [0.1, 0.15) is 66.7 Å². The Morgan fingerprint density at radius 3 is 2.29 bits per heavy atom. The van der Waals surface area contributed by atoms with E-state index in [2.05, 4.69) is 34.6 Å². The summed E-state index contributed by atoms with van der Waals surface area (Å²) in [6.45, 7) is 11.6. The zero-order chi connectivity index (χ0) is 12.7. The van der Waals surface area contributed by atoms with Crippen LogP contribution in [0.5, 0.6) is 0 Å². The van der Waals surface area contributed by atoms with Crippen LogP contribution in [-0.2, 0) is 0 Å². The maximum absolute atomic E-state index is 11.3. The monoisotopic (exact) mass is 236 g/mol. The van der Waals surface area contributed by atoms with Gasteiger partial charge in [0.1, 0.15) is 0 Å². The first-order valence-electron chi connectivity index (χ1n) is 7.40. The molecule has 3 saturated carbocycles. The minimum absolute atomic E-state index is 0.0739. The van der Waals surface area contributed by atoms with Gasteiger partial charge >= 0.3 is 0 Å². The van der Waals surface area contributed by atoms with Crippen LogP contribution in [0.4, 0.5) is 0 Å². The summed E-state index contributed by atoms with van der Waals surface area (Å²) in [5.74, 6) is 1.58. The van der Waals surface area contributed by atoms with E-state index in [0.29, 0.717) is 5.41 Å². The van der Waals surface area contributed by atoms with Gasteiger partial charge in [0, 0.05) is 5.41 Å². The summed E-state index contributed by atoms with van der Waals surface area (Å²) in [4.78, 5) is 0. The van der Waals surface area contributed by atoms with Crippen molar-refractivity contribution in [2.75, 3.05) is 0 Å². The molecule has 0 aromatic rings. The lowest BCUT2D eigenvalue weighted by Crippen LogP contribution is -2.53. The summed E-state index contributed by atoms with van der Waals surface area (Å²) in [6, 6.07) is 0. The van der Waals surface area contributed by atoms with Gasteiger partial charge in [-0.3, -0.25) is 0 Å². The van der Waals surface area contributed by atoms with Gasteiger partial charge in [0.15, 0.2) is 0 Å². The van der Waals surface area contributed by atoms with Gasteiger partial charge < -0.3 is 5.11 Å². The van der Waals surface area contributed by atoms with Crippen molar-refractivity contribution in [1.82, 2.24) is 0 Å². The van der Waals surface area contributed by atoms with Crippen molar-refractivity contribution in [2.24, 2.45) is 28.1 Å². The molecule has 98 valence electrons. The SMILES string of the molecule is C[C@@H]1CC[C@]23C1CC[C@@]2(C)CC(C)(C)[C@]3(C)O. The fourth-order valence-electron chi connectivity index (χ4n) is 6.49. The quantitative estimate of drug-likeness (QED) is 0.674. The Balaban J connectivity index is 2.18. The van der Waals surface area contributed by atoms with E-state index in [1.54, 1.807) is 0 Å². The van der Waals surface area contributed by atoms with Crippen molar-refractivity contribution >= 4 is 0 Å². The fraction of sp³-hybridized carbons (Fsp3) is 1.00. The van der Waals surface area contributed by atoms with Crippen LogP contribution in [0.2, 0.25) is 0 Å². The van der Waals surface area contributed by atoms with Gasteiger partial charge in [-0.05, 0) is 61.7 Å². The second-order valence-corrected chi connectivity index (χ2v) is 8.33. The number of aliphatic hydroxyl groups is 1. The van der Waals surface area contributed by atoms with E-state index in [-0.39, 0.29) is 10.8 Å². The predicted molar refractivity (Wildman–Crippen MR) is 70.7 cm³/mol. The molecule has 1 spiro atoms. The van der Waals surface area contributed by atoms with E-state index >= 15 is 0 Å². The van der Waals surface area contributed by atoms with E-state index in [1.807, 2.05) is 0 Å². The Labute approximate surface area is 106 Å². The van der Waals surface area contributed by atoms with E-state index < -0.39 is 5.60 Å². The second kappa shape index (κ2) is 2.92. The Kier molecular flexibility index (Phi) is 2.07. The Morgan fingerprint density at radius 1 is 1.00 bits per heavy atom. The topological polar surface area (TPSA) is 20.2 Å². The summed E-state index contributed by atoms with van der Waals surface area (Å²) in [5, 5.41) is 11.3. The second-order valence-electron chi connectivity index (χ2n) is 8.33. The van der Waals surface area contributed by atoms with Gasteiger partial charge in [-0.2, -0.15) is 0 Å². The molecule has 1 N–H and O–H groups in total. The summed E-state index contributed by atoms with van der Waals surface area (Å²) in [5.41, 5.74) is 0.184. The van der Waals surface area contributed by atoms with Crippen LogP contribution in [0, 0.1) is 28.1 Å². The first-order valence-corrected chi connectivity index (χ1v) is 7.40. The molecule has 1 nitrogen and oxygen atoms in total. The van der Waals surface area contributed by atoms with Gasteiger partial charge in [0.25, 0.3) is 0 Å². The van der Waals surface area contributed by atoms with Gasteiger partial charge in [-0.15, -0.1) is 0 Å². The molecule has 1 unspecified atom stereocenters. The van der Waals surface area contributed by atoms with E-state index in [0.717, 1.165) is 11.8 Å². The molecular weight excluding hydrogens is 208 g/mol. The smallest absolute Gasteiger partial charge is 0.0734 e. The normalized spacial score (nSPS) is 60.4. The van der Waals surface area contributed by atoms with Crippen molar-refractivity contribution in [3.8, 4) is 0 Å². The highest BCUT2D eigenvalue weighted by Crippen LogP contribution is 2.79. The average Bonchev–Trinajstić information content (AvgIpc) is 2.69. The molecule has 3 aliphatic rings. The van der Waals surface area contributed by atoms with Gasteiger partial charge in [0.2, 0.25) is 0 Å². The summed E-state index contributed by atoms with van der Waals surface area (Å²) in [6.07, 6.45) is 6.47. The Morgan fingerprint density at radius 2 is 1.65 bits per heavy atom. The van der Waals surface area contributed by atoms with Crippen LogP contribution in [0.25, 0.3) is 0 Å². The molecule has 0 amide bonds. The van der Waals surface area contributed by atoms with Crippen LogP contribution in [-0.4, -0.2) is 10.7 Å². The minimum Gasteiger partial charge on any atom is -0.389 e. The highest BCUT2D eigenvalue weighted by molar-refractivity contribution is 5.25. The molecule has 3 rings (SSSR count). The highest BCUT2D eigenvalue weighted by Gasteiger charge is 2.76. The molecule has 0 aliphatic heterocycles. The molecule has 5 atom stereocenters. The third-order valence-electron chi connectivity index (χ3n) is 7.42. The molecule has 3 aliphatic carbocycles. The summed E-state index contributed by atoms with van der Waals surface area (Å²) >= 11 is 0. The maximum atomic E-state index is 11.3. The molecule has 0 bridgehead atoms. The van der Waals surface area contributed by atoms with Crippen LogP contribution in [0.3, 0.4) is 0 Å². The van der Waals surface area contributed by atoms with E-state index in [1.165, 1.54) is 32.1 Å². The average molecular weight is 236 g/mol. The molecular formula is C16H28O. The molecule has 17 heavy (non-hydrogen) atoms. The van der Waals surface area contributed by atoms with E-state index in [4.69, 9.17) is 0 Å².